The fourth-order valence-corrected chi connectivity index (χ4v) is 2.21. The van der Waals surface area contributed by atoms with Crippen LogP contribution in [0.25, 0.3) is 0 Å². The number of rotatable bonds is 8. The van der Waals surface area contributed by atoms with Crippen molar-refractivity contribution in [3.05, 3.63) is 98.1 Å². The summed E-state index contributed by atoms with van der Waals surface area (Å²) in [6, 6.07) is 8.38. The van der Waals surface area contributed by atoms with Crippen LogP contribution in [0.4, 0.5) is 0 Å². The van der Waals surface area contributed by atoms with Gasteiger partial charge in [0, 0.05) is 41.5 Å². The van der Waals surface area contributed by atoms with E-state index in [0.29, 0.717) is 11.1 Å². The van der Waals surface area contributed by atoms with Gasteiger partial charge in [0.2, 0.25) is 0 Å². The average Bonchev–Trinajstić information content (AvgIpc) is 2.83. The first-order valence-electron chi connectivity index (χ1n) is 9.80. The van der Waals surface area contributed by atoms with E-state index in [-0.39, 0.29) is 29.5 Å². The Balaban J connectivity index is 0.00000194. The summed E-state index contributed by atoms with van der Waals surface area (Å²) in [5.74, 6) is 3.74. The largest absolute Gasteiger partial charge is 0.429 e. The van der Waals surface area contributed by atoms with E-state index < -0.39 is 17.9 Å². The minimum Gasteiger partial charge on any atom is -0.429 e. The zero-order chi connectivity index (χ0) is 26.2. The number of ether oxygens (including phenoxy) is 4. The lowest BCUT2D eigenvalue weighted by molar-refractivity contribution is -0.130. The maximum atomic E-state index is 11.5. The fraction of sp³-hybridized carbons (Fsp3) is 0.0370. The molecule has 8 nitrogen and oxygen atoms in total. The molecule has 0 aromatic heterocycles. The van der Waals surface area contributed by atoms with Crippen LogP contribution >= 0.6 is 0 Å². The van der Waals surface area contributed by atoms with E-state index >= 15 is 0 Å². The van der Waals surface area contributed by atoms with Gasteiger partial charge in [-0.3, -0.25) is 4.79 Å². The van der Waals surface area contributed by atoms with E-state index in [9.17, 15) is 19.2 Å². The molecule has 0 N–H and O–H groups in total. The maximum Gasteiger partial charge on any atom is 0.335 e. The van der Waals surface area contributed by atoms with Crippen LogP contribution in [0.3, 0.4) is 0 Å². The quantitative estimate of drug-likeness (QED) is 0.141. The third kappa shape index (κ3) is 10.3. The number of carbonyl (C=O) groups excluding carboxylic acids is 4. The van der Waals surface area contributed by atoms with Gasteiger partial charge in [-0.15, -0.1) is 6.58 Å². The van der Waals surface area contributed by atoms with Crippen LogP contribution in [0.2, 0.25) is 0 Å². The molecule has 0 saturated carbocycles. The average molecular weight is 474 g/mol. The Morgan fingerprint density at radius 3 is 1.29 bits per heavy atom. The number of esters is 3. The molecule has 0 saturated heterocycles. The Labute approximate surface area is 202 Å². The third-order valence-corrected chi connectivity index (χ3v) is 3.45. The summed E-state index contributed by atoms with van der Waals surface area (Å²) in [6.45, 7) is 15.4. The zero-order valence-electron chi connectivity index (χ0n) is 18.9. The summed E-state index contributed by atoms with van der Waals surface area (Å²) < 4.78 is 20.0. The Kier molecular flexibility index (Phi) is 11.8. The summed E-state index contributed by atoms with van der Waals surface area (Å²) in [6.07, 6.45) is 4.66. The van der Waals surface area contributed by atoms with Crippen molar-refractivity contribution in [2.24, 2.45) is 0 Å². The molecule has 35 heavy (non-hydrogen) atoms. The molecule has 2 rings (SSSR count). The van der Waals surface area contributed by atoms with Crippen LogP contribution in [-0.4, -0.2) is 24.4 Å². The molecule has 0 aliphatic heterocycles. The van der Waals surface area contributed by atoms with E-state index in [1.54, 1.807) is 6.08 Å². The highest BCUT2D eigenvalue weighted by atomic mass is 16.5. The summed E-state index contributed by atoms with van der Waals surface area (Å²) in [5, 5.41) is 0. The van der Waals surface area contributed by atoms with Crippen LogP contribution in [0, 0.1) is 11.8 Å². The molecule has 0 heterocycles. The van der Waals surface area contributed by atoms with Gasteiger partial charge in [-0.2, -0.15) is 0 Å². The van der Waals surface area contributed by atoms with Crippen molar-refractivity contribution in [2.75, 3.05) is 0 Å². The second-order valence-corrected chi connectivity index (χ2v) is 6.13. The molecule has 8 heteroatoms. The van der Waals surface area contributed by atoms with Crippen molar-refractivity contribution < 1.29 is 38.1 Å². The zero-order valence-corrected chi connectivity index (χ0v) is 18.9. The van der Waals surface area contributed by atoms with Gasteiger partial charge >= 0.3 is 17.9 Å². The number of allylic oxidation sites excluding steroid dienone is 1. The minimum absolute atomic E-state index is 0.0622. The van der Waals surface area contributed by atoms with Gasteiger partial charge in [0.15, 0.2) is 0 Å². The van der Waals surface area contributed by atoms with Gasteiger partial charge in [-0.25, -0.2) is 14.4 Å². The lowest BCUT2D eigenvalue weighted by Crippen LogP contribution is -2.06. The minimum atomic E-state index is -0.719. The predicted molar refractivity (Wildman–Crippen MR) is 129 cm³/mol. The number of hydrogen-bond donors (Lipinski definition) is 0. The Bertz CT molecular complexity index is 1170. The molecule has 2 aromatic carbocycles. The van der Waals surface area contributed by atoms with Gasteiger partial charge in [0.05, 0.1) is 0 Å². The Hall–Kier alpha value is -5.16. The molecule has 0 aliphatic carbocycles. The summed E-state index contributed by atoms with van der Waals surface area (Å²) in [5.41, 5.74) is 0.645. The molecule has 0 bridgehead atoms. The van der Waals surface area contributed by atoms with Crippen molar-refractivity contribution in [1.82, 2.24) is 0 Å². The second-order valence-electron chi connectivity index (χ2n) is 6.13. The normalized spacial score (nSPS) is 8.83. The molecular formula is C27H22O8. The monoisotopic (exact) mass is 474 g/mol. The fourth-order valence-electron chi connectivity index (χ4n) is 2.21. The van der Waals surface area contributed by atoms with Gasteiger partial charge in [0.1, 0.15) is 23.0 Å². The highest BCUT2D eigenvalue weighted by Gasteiger charge is 2.08. The van der Waals surface area contributed by atoms with E-state index in [1.165, 1.54) is 36.4 Å². The van der Waals surface area contributed by atoms with E-state index in [0.717, 1.165) is 18.2 Å². The van der Waals surface area contributed by atoms with Crippen molar-refractivity contribution in [2.45, 2.75) is 6.92 Å². The first-order chi connectivity index (χ1) is 16.8. The molecule has 0 fully saturated rings. The van der Waals surface area contributed by atoms with Gasteiger partial charge < -0.3 is 18.9 Å². The van der Waals surface area contributed by atoms with Crippen LogP contribution in [0.15, 0.2) is 87.0 Å². The highest BCUT2D eigenvalue weighted by Crippen LogP contribution is 2.25. The van der Waals surface area contributed by atoms with Crippen LogP contribution in [-0.2, 0) is 19.2 Å². The molecule has 0 radical (unpaired) electrons. The number of hydrogen-bond acceptors (Lipinski definition) is 8. The highest BCUT2D eigenvalue weighted by molar-refractivity contribution is 5.85. The molecule has 2 aromatic rings. The summed E-state index contributed by atoms with van der Waals surface area (Å²) in [4.78, 5) is 45.2. The van der Waals surface area contributed by atoms with Gasteiger partial charge in [0.25, 0.3) is 6.47 Å². The molecule has 0 amide bonds. The topological polar surface area (TPSA) is 105 Å². The van der Waals surface area contributed by atoms with Crippen molar-refractivity contribution in [3.8, 4) is 34.8 Å². The summed E-state index contributed by atoms with van der Waals surface area (Å²) in [7, 11) is 0. The van der Waals surface area contributed by atoms with E-state index in [4.69, 9.17) is 18.9 Å². The SMILES string of the molecule is C=CC.C=CC(=O)Oc1cc(C#Cc2cc(OC(=O)C=C)cc(OC(=O)C=C)c2)cc(OC=O)c1. The maximum absolute atomic E-state index is 11.5. The van der Waals surface area contributed by atoms with Crippen LogP contribution < -0.4 is 18.9 Å². The molecule has 0 spiro atoms. The third-order valence-electron chi connectivity index (χ3n) is 3.45. The molecule has 178 valence electrons. The van der Waals surface area contributed by atoms with Crippen LogP contribution in [0.1, 0.15) is 18.1 Å². The lowest BCUT2D eigenvalue weighted by Gasteiger charge is -2.07. The van der Waals surface area contributed by atoms with E-state index in [1.807, 2.05) is 6.92 Å². The first kappa shape index (κ1) is 27.9. The van der Waals surface area contributed by atoms with E-state index in [2.05, 4.69) is 38.2 Å². The molecular weight excluding hydrogens is 452 g/mol. The molecule has 0 atom stereocenters. The van der Waals surface area contributed by atoms with Crippen LogP contribution in [0.5, 0.6) is 23.0 Å². The van der Waals surface area contributed by atoms with Crippen molar-refractivity contribution in [3.63, 3.8) is 0 Å². The smallest absolute Gasteiger partial charge is 0.335 e. The van der Waals surface area contributed by atoms with Gasteiger partial charge in [-0.05, 0) is 31.2 Å². The van der Waals surface area contributed by atoms with Crippen molar-refractivity contribution in [1.29, 1.82) is 0 Å². The Morgan fingerprint density at radius 2 is 0.971 bits per heavy atom. The lowest BCUT2D eigenvalue weighted by atomic mass is 10.1. The summed E-state index contributed by atoms with van der Waals surface area (Å²) >= 11 is 0. The molecule has 0 aliphatic rings. The predicted octanol–water partition coefficient (Wildman–Crippen LogP) is 4.09. The number of benzene rings is 2. The standard InChI is InChI=1S/C24H16O8.C3H6/c1-4-22(26)30-19-10-16(9-18(13-19)29-15-25)7-8-17-11-20(31-23(27)5-2)14-21(12-17)32-24(28)6-3;1-3-2/h4-6,9-15H,1-3H2;3H,1H2,2H3. The molecule has 0 unspecified atom stereocenters. The second kappa shape index (κ2) is 14.8. The number of carbonyl (C=O) groups is 4. The van der Waals surface area contributed by atoms with Gasteiger partial charge in [-0.1, -0.05) is 37.7 Å². The van der Waals surface area contributed by atoms with Crippen molar-refractivity contribution >= 4 is 24.4 Å². The first-order valence-corrected chi connectivity index (χ1v) is 9.80. The Morgan fingerprint density at radius 1 is 0.657 bits per heavy atom.